The van der Waals surface area contributed by atoms with Crippen molar-refractivity contribution in [2.45, 2.75) is 57.7 Å². The molecule has 1 atom stereocenters. The highest BCUT2D eigenvalue weighted by atomic mass is 35.5. The van der Waals surface area contributed by atoms with E-state index in [1.165, 1.54) is 23.1 Å². The van der Waals surface area contributed by atoms with Crippen LogP contribution in [0, 0.1) is 0 Å². The van der Waals surface area contributed by atoms with Crippen molar-refractivity contribution in [3.05, 3.63) is 62.1 Å². The molecule has 7 nitrogen and oxygen atoms in total. The summed E-state index contributed by atoms with van der Waals surface area (Å²) in [5.41, 5.74) is 0.503. The molecule has 2 aromatic carbocycles. The van der Waals surface area contributed by atoms with Gasteiger partial charge in [-0.3, -0.25) is 13.9 Å². The Bertz CT molecular complexity index is 1230. The number of nitrogens with one attached hydrogen (secondary N) is 1. The van der Waals surface area contributed by atoms with E-state index in [0.29, 0.717) is 15.6 Å². The molecule has 1 aliphatic rings. The number of sulfonamides is 1. The number of rotatable bonds is 9. The Hall–Kier alpha value is -1.71. The van der Waals surface area contributed by atoms with Gasteiger partial charge in [0.25, 0.3) is 0 Å². The molecule has 1 fully saturated rings. The average Bonchev–Trinajstić information content (AvgIpc) is 2.83. The molecule has 1 N–H and O–H groups in total. The van der Waals surface area contributed by atoms with E-state index < -0.39 is 28.5 Å². The van der Waals surface area contributed by atoms with Gasteiger partial charge in [-0.25, -0.2) is 8.42 Å². The molecule has 2 amide bonds. The molecular formula is C25H29Cl4N3O4S. The predicted molar refractivity (Wildman–Crippen MR) is 150 cm³/mol. The Morgan fingerprint density at radius 2 is 1.62 bits per heavy atom. The molecule has 0 aromatic heterocycles. The monoisotopic (exact) mass is 607 g/mol. The Kier molecular flexibility index (Phi) is 10.4. The van der Waals surface area contributed by atoms with E-state index in [-0.39, 0.29) is 34.2 Å². The van der Waals surface area contributed by atoms with Crippen molar-refractivity contribution in [1.82, 2.24) is 10.2 Å². The van der Waals surface area contributed by atoms with E-state index >= 15 is 0 Å². The van der Waals surface area contributed by atoms with Crippen molar-refractivity contribution in [2.24, 2.45) is 0 Å². The Balaban J connectivity index is 1.95. The maximum absolute atomic E-state index is 13.7. The minimum atomic E-state index is -3.95. The van der Waals surface area contributed by atoms with E-state index in [0.717, 1.165) is 42.7 Å². The zero-order valence-corrected chi connectivity index (χ0v) is 24.4. The van der Waals surface area contributed by atoms with Crippen LogP contribution in [0.5, 0.6) is 0 Å². The SMILES string of the molecule is C[C@H](C(=O)NC1CCCCC1)N(Cc1c(Cl)cccc1Cl)C(=O)CN(c1cc(Cl)ccc1Cl)S(C)(=O)=O. The summed E-state index contributed by atoms with van der Waals surface area (Å²) in [6, 6.07) is 8.36. The van der Waals surface area contributed by atoms with E-state index in [1.54, 1.807) is 25.1 Å². The van der Waals surface area contributed by atoms with Crippen LogP contribution in [0.25, 0.3) is 0 Å². The zero-order chi connectivity index (χ0) is 27.3. The maximum Gasteiger partial charge on any atom is 0.244 e. The molecule has 37 heavy (non-hydrogen) atoms. The summed E-state index contributed by atoms with van der Waals surface area (Å²) in [6.45, 7) is 0.886. The van der Waals surface area contributed by atoms with E-state index in [2.05, 4.69) is 5.32 Å². The summed E-state index contributed by atoms with van der Waals surface area (Å²) >= 11 is 25.1. The van der Waals surface area contributed by atoms with Crippen LogP contribution in [0.1, 0.15) is 44.6 Å². The van der Waals surface area contributed by atoms with Crippen LogP contribution in [-0.4, -0.2) is 50.0 Å². The summed E-state index contributed by atoms with van der Waals surface area (Å²) < 4.78 is 26.3. The number of benzene rings is 2. The number of halogens is 4. The van der Waals surface area contributed by atoms with Gasteiger partial charge in [0.1, 0.15) is 12.6 Å². The second-order valence-corrected chi connectivity index (χ2v) is 12.7. The molecule has 0 aliphatic heterocycles. The molecule has 2 aromatic rings. The zero-order valence-electron chi connectivity index (χ0n) is 20.5. The largest absolute Gasteiger partial charge is 0.352 e. The van der Waals surface area contributed by atoms with Crippen LogP contribution in [0.3, 0.4) is 0 Å². The first-order chi connectivity index (χ1) is 17.4. The lowest BCUT2D eigenvalue weighted by Gasteiger charge is -2.33. The number of nitrogens with zero attached hydrogens (tertiary/aromatic N) is 2. The fourth-order valence-electron chi connectivity index (χ4n) is 4.28. The molecule has 0 spiro atoms. The van der Waals surface area contributed by atoms with E-state index in [4.69, 9.17) is 46.4 Å². The molecule has 0 radical (unpaired) electrons. The molecule has 0 saturated heterocycles. The fourth-order valence-corrected chi connectivity index (χ4v) is 6.08. The van der Waals surface area contributed by atoms with E-state index in [9.17, 15) is 18.0 Å². The van der Waals surface area contributed by atoms with Gasteiger partial charge in [-0.2, -0.15) is 0 Å². The second kappa shape index (κ2) is 12.9. The van der Waals surface area contributed by atoms with Crippen molar-refractivity contribution in [2.75, 3.05) is 17.1 Å². The first-order valence-electron chi connectivity index (χ1n) is 11.8. The lowest BCUT2D eigenvalue weighted by Crippen LogP contribution is -2.53. The highest BCUT2D eigenvalue weighted by molar-refractivity contribution is 7.92. The first kappa shape index (κ1) is 29.8. The van der Waals surface area contributed by atoms with Gasteiger partial charge in [0.15, 0.2) is 0 Å². The third kappa shape index (κ3) is 7.90. The van der Waals surface area contributed by atoms with Gasteiger partial charge in [-0.15, -0.1) is 0 Å². The lowest BCUT2D eigenvalue weighted by atomic mass is 9.95. The van der Waals surface area contributed by atoms with Gasteiger partial charge in [-0.05, 0) is 50.1 Å². The molecule has 1 aliphatic carbocycles. The minimum absolute atomic E-state index is 0.0299. The highest BCUT2D eigenvalue weighted by Gasteiger charge is 2.32. The number of hydrogen-bond acceptors (Lipinski definition) is 4. The summed E-state index contributed by atoms with van der Waals surface area (Å²) in [6.07, 6.45) is 5.90. The van der Waals surface area contributed by atoms with Crippen molar-refractivity contribution in [3.63, 3.8) is 0 Å². The van der Waals surface area contributed by atoms with Gasteiger partial charge in [0.05, 0.1) is 17.0 Å². The summed E-state index contributed by atoms with van der Waals surface area (Å²) in [5, 5.41) is 4.03. The molecule has 1 saturated carbocycles. The van der Waals surface area contributed by atoms with Crippen molar-refractivity contribution < 1.29 is 18.0 Å². The molecule has 12 heteroatoms. The van der Waals surface area contributed by atoms with Crippen molar-refractivity contribution >= 4 is 73.9 Å². The third-order valence-electron chi connectivity index (χ3n) is 6.37. The van der Waals surface area contributed by atoms with Crippen molar-refractivity contribution in [1.29, 1.82) is 0 Å². The number of anilines is 1. The van der Waals surface area contributed by atoms with Crippen LogP contribution < -0.4 is 9.62 Å². The maximum atomic E-state index is 13.7. The number of carbonyl (C=O) groups excluding carboxylic acids is 2. The smallest absolute Gasteiger partial charge is 0.244 e. The van der Waals surface area contributed by atoms with E-state index in [1.807, 2.05) is 0 Å². The number of hydrogen-bond donors (Lipinski definition) is 1. The van der Waals surface area contributed by atoms with Crippen LogP contribution in [-0.2, 0) is 26.2 Å². The fraction of sp³-hybridized carbons (Fsp3) is 0.440. The van der Waals surface area contributed by atoms with Crippen LogP contribution >= 0.6 is 46.4 Å². The lowest BCUT2D eigenvalue weighted by molar-refractivity contribution is -0.139. The Labute approximate surface area is 238 Å². The van der Waals surface area contributed by atoms with Crippen LogP contribution in [0.4, 0.5) is 5.69 Å². The summed E-state index contributed by atoms with van der Waals surface area (Å²) in [5.74, 6) is -0.973. The summed E-state index contributed by atoms with van der Waals surface area (Å²) in [7, 11) is -3.95. The predicted octanol–water partition coefficient (Wildman–Crippen LogP) is 5.93. The molecule has 0 unspecified atom stereocenters. The number of carbonyl (C=O) groups is 2. The highest BCUT2D eigenvalue weighted by Crippen LogP contribution is 2.31. The van der Waals surface area contributed by atoms with Gasteiger partial charge >= 0.3 is 0 Å². The van der Waals surface area contributed by atoms with Gasteiger partial charge in [0, 0.05) is 33.2 Å². The van der Waals surface area contributed by atoms with Crippen LogP contribution in [0.2, 0.25) is 20.1 Å². The van der Waals surface area contributed by atoms with Crippen LogP contribution in [0.15, 0.2) is 36.4 Å². The standard InChI is InChI=1S/C25H29Cl4N3O4S/c1-16(25(34)30-18-7-4-3-5-8-18)31(14-19-20(27)9-6-10-21(19)28)24(33)15-32(37(2,35)36)23-13-17(26)11-12-22(23)29/h6,9-13,16,18H,3-5,7-8,14-15H2,1-2H3,(H,30,34)/t16-/m1/s1. The molecule has 202 valence electrons. The summed E-state index contributed by atoms with van der Waals surface area (Å²) in [4.78, 5) is 28.2. The first-order valence-corrected chi connectivity index (χ1v) is 15.2. The second-order valence-electron chi connectivity index (χ2n) is 9.11. The van der Waals surface area contributed by atoms with Gasteiger partial charge < -0.3 is 10.2 Å². The molecular weight excluding hydrogens is 580 g/mol. The van der Waals surface area contributed by atoms with Gasteiger partial charge in [-0.1, -0.05) is 71.7 Å². The average molecular weight is 609 g/mol. The molecule has 3 rings (SSSR count). The Morgan fingerprint density at radius 1 is 1.00 bits per heavy atom. The number of amides is 2. The third-order valence-corrected chi connectivity index (χ3v) is 8.75. The van der Waals surface area contributed by atoms with Crippen molar-refractivity contribution in [3.8, 4) is 0 Å². The molecule has 0 heterocycles. The Morgan fingerprint density at radius 3 is 2.22 bits per heavy atom. The quantitative estimate of drug-likeness (QED) is 0.382. The van der Waals surface area contributed by atoms with Gasteiger partial charge in [0.2, 0.25) is 21.8 Å². The normalized spacial score (nSPS) is 15.2. The topological polar surface area (TPSA) is 86.8 Å². The molecule has 0 bridgehead atoms. The minimum Gasteiger partial charge on any atom is -0.352 e.